The third kappa shape index (κ3) is 6.25. The van der Waals surface area contributed by atoms with Gasteiger partial charge in [-0.15, -0.1) is 5.10 Å². The van der Waals surface area contributed by atoms with Gasteiger partial charge in [0.2, 0.25) is 0 Å². The van der Waals surface area contributed by atoms with Crippen LogP contribution in [0.25, 0.3) is 11.3 Å². The van der Waals surface area contributed by atoms with E-state index in [1.165, 1.54) is 12.0 Å². The molecule has 4 aromatic rings. The topological polar surface area (TPSA) is 95.8 Å². The Morgan fingerprint density at radius 1 is 1.03 bits per heavy atom. The van der Waals surface area contributed by atoms with Gasteiger partial charge in [-0.1, -0.05) is 47.1 Å². The second-order valence-electron chi connectivity index (χ2n) is 8.16. The fraction of sp³-hybridized carbons (Fsp3) is 0.185. The fourth-order valence-corrected chi connectivity index (χ4v) is 3.75. The average molecular weight is 521 g/mol. The molecule has 190 valence electrons. The minimum Gasteiger partial charge on any atom is -0.465 e. The van der Waals surface area contributed by atoms with E-state index in [2.05, 4.69) is 10.3 Å². The van der Waals surface area contributed by atoms with Gasteiger partial charge in [0.15, 0.2) is 0 Å². The van der Waals surface area contributed by atoms with Crippen LogP contribution < -0.4 is 4.74 Å². The summed E-state index contributed by atoms with van der Waals surface area (Å²) in [7, 11) is 4.72. The number of halogens is 1. The Hall–Kier alpha value is -4.37. The Morgan fingerprint density at radius 2 is 1.76 bits per heavy atom. The second-order valence-corrected chi connectivity index (χ2v) is 8.60. The van der Waals surface area contributed by atoms with Crippen LogP contribution in [-0.4, -0.2) is 46.1 Å². The van der Waals surface area contributed by atoms with Gasteiger partial charge < -0.3 is 19.1 Å². The van der Waals surface area contributed by atoms with Crippen molar-refractivity contribution in [1.29, 1.82) is 0 Å². The number of nitrogens with zero attached hydrogens (tertiary/aromatic N) is 4. The summed E-state index contributed by atoms with van der Waals surface area (Å²) in [6, 6.07) is 21.4. The van der Waals surface area contributed by atoms with Crippen LogP contribution in [0.3, 0.4) is 0 Å². The molecule has 1 amide bonds. The van der Waals surface area contributed by atoms with Crippen molar-refractivity contribution >= 4 is 23.7 Å². The number of esters is 1. The zero-order valence-corrected chi connectivity index (χ0v) is 21.3. The molecule has 0 aliphatic rings. The molecule has 4 rings (SSSR count). The predicted molar refractivity (Wildman–Crippen MR) is 137 cm³/mol. The highest BCUT2D eigenvalue weighted by atomic mass is 35.5. The predicted octanol–water partition coefficient (Wildman–Crippen LogP) is 5.48. The number of methoxy groups -OCH3 is 1. The van der Waals surface area contributed by atoms with Crippen LogP contribution >= 0.6 is 11.6 Å². The standard InChI is InChI=1S/C27H25ClN4O5/c1-31(16-18-7-5-4-6-8-18)27(34)36-17-23-25(29-30-32(23)2)19-9-12-21(13-10-19)37-24-15-20(28)11-14-22(24)26(33)35-3/h4-15H,16-17H2,1-3H3. The highest BCUT2D eigenvalue weighted by Crippen LogP contribution is 2.31. The molecule has 0 radical (unpaired) electrons. The molecule has 0 saturated carbocycles. The zero-order valence-electron chi connectivity index (χ0n) is 20.6. The van der Waals surface area contributed by atoms with E-state index in [0.717, 1.165) is 11.1 Å². The molecule has 0 spiro atoms. The van der Waals surface area contributed by atoms with Crippen molar-refractivity contribution in [2.45, 2.75) is 13.2 Å². The summed E-state index contributed by atoms with van der Waals surface area (Å²) in [5.41, 5.74) is 3.22. The summed E-state index contributed by atoms with van der Waals surface area (Å²) >= 11 is 6.08. The van der Waals surface area contributed by atoms with Crippen LogP contribution in [0.4, 0.5) is 4.79 Å². The first kappa shape index (κ1) is 25.7. The second kappa shape index (κ2) is 11.6. The summed E-state index contributed by atoms with van der Waals surface area (Å²) < 4.78 is 17.8. The molecular weight excluding hydrogens is 496 g/mol. The van der Waals surface area contributed by atoms with Gasteiger partial charge >= 0.3 is 12.1 Å². The molecule has 0 atom stereocenters. The van der Waals surface area contributed by atoms with E-state index in [-0.39, 0.29) is 17.9 Å². The number of hydrogen-bond acceptors (Lipinski definition) is 7. The van der Waals surface area contributed by atoms with Crippen molar-refractivity contribution in [1.82, 2.24) is 19.9 Å². The number of carbonyl (C=O) groups is 2. The van der Waals surface area contributed by atoms with Gasteiger partial charge in [-0.3, -0.25) is 0 Å². The molecule has 37 heavy (non-hydrogen) atoms. The van der Waals surface area contributed by atoms with Crippen LogP contribution in [0.1, 0.15) is 21.6 Å². The van der Waals surface area contributed by atoms with E-state index in [0.29, 0.717) is 28.7 Å². The van der Waals surface area contributed by atoms with E-state index >= 15 is 0 Å². The maximum Gasteiger partial charge on any atom is 0.410 e. The largest absolute Gasteiger partial charge is 0.465 e. The Kier molecular flexibility index (Phi) is 8.05. The maximum absolute atomic E-state index is 12.5. The highest BCUT2D eigenvalue weighted by molar-refractivity contribution is 6.30. The normalized spacial score (nSPS) is 10.6. The van der Waals surface area contributed by atoms with Gasteiger partial charge in [0.1, 0.15) is 35.1 Å². The van der Waals surface area contributed by atoms with Crippen molar-refractivity contribution in [3.63, 3.8) is 0 Å². The molecule has 0 saturated heterocycles. The third-order valence-electron chi connectivity index (χ3n) is 5.55. The fourth-order valence-electron chi connectivity index (χ4n) is 3.59. The number of hydrogen-bond donors (Lipinski definition) is 0. The molecule has 1 aromatic heterocycles. The number of amides is 1. The van der Waals surface area contributed by atoms with Crippen LogP contribution in [0.15, 0.2) is 72.8 Å². The quantitative estimate of drug-likeness (QED) is 0.284. The van der Waals surface area contributed by atoms with Gasteiger partial charge in [0.05, 0.1) is 7.11 Å². The number of carbonyl (C=O) groups excluding carboxylic acids is 2. The summed E-state index contributed by atoms with van der Waals surface area (Å²) in [5.74, 6) is 0.228. The molecule has 9 nitrogen and oxygen atoms in total. The van der Waals surface area contributed by atoms with Crippen LogP contribution in [-0.2, 0) is 29.7 Å². The lowest BCUT2D eigenvalue weighted by Gasteiger charge is -2.17. The minimum absolute atomic E-state index is 0.0000511. The number of aryl methyl sites for hydroxylation is 1. The van der Waals surface area contributed by atoms with Crippen LogP contribution in [0.5, 0.6) is 11.5 Å². The Bertz CT molecular complexity index is 1390. The summed E-state index contributed by atoms with van der Waals surface area (Å²) in [4.78, 5) is 26.1. The van der Waals surface area contributed by atoms with E-state index in [4.69, 9.17) is 25.8 Å². The lowest BCUT2D eigenvalue weighted by molar-refractivity contribution is 0.0598. The Labute approximate surface area is 219 Å². The van der Waals surface area contributed by atoms with E-state index in [1.54, 1.807) is 61.2 Å². The smallest absolute Gasteiger partial charge is 0.410 e. The van der Waals surface area contributed by atoms with Crippen LogP contribution in [0.2, 0.25) is 5.02 Å². The Balaban J connectivity index is 1.45. The first-order chi connectivity index (χ1) is 17.9. The maximum atomic E-state index is 12.5. The van der Waals surface area contributed by atoms with Gasteiger partial charge in [-0.05, 0) is 42.0 Å². The molecule has 3 aromatic carbocycles. The Morgan fingerprint density at radius 3 is 2.46 bits per heavy atom. The number of aromatic nitrogens is 3. The van der Waals surface area contributed by atoms with Crippen molar-refractivity contribution in [2.75, 3.05) is 14.2 Å². The molecule has 0 bridgehead atoms. The third-order valence-corrected chi connectivity index (χ3v) is 5.79. The zero-order chi connectivity index (χ0) is 26.4. The molecule has 1 heterocycles. The molecule has 0 fully saturated rings. The minimum atomic E-state index is -0.531. The molecular formula is C27H25ClN4O5. The summed E-state index contributed by atoms with van der Waals surface area (Å²) in [6.07, 6.45) is -0.456. The number of ether oxygens (including phenoxy) is 3. The average Bonchev–Trinajstić information content (AvgIpc) is 3.28. The van der Waals surface area contributed by atoms with Crippen molar-refractivity contribution < 1.29 is 23.8 Å². The molecule has 0 N–H and O–H groups in total. The van der Waals surface area contributed by atoms with Gasteiger partial charge in [-0.25, -0.2) is 14.3 Å². The van der Waals surface area contributed by atoms with Crippen molar-refractivity contribution in [3.8, 4) is 22.8 Å². The molecule has 0 aliphatic carbocycles. The van der Waals surface area contributed by atoms with Gasteiger partial charge in [0.25, 0.3) is 0 Å². The molecule has 10 heteroatoms. The monoisotopic (exact) mass is 520 g/mol. The lowest BCUT2D eigenvalue weighted by atomic mass is 10.1. The van der Waals surface area contributed by atoms with Gasteiger partial charge in [0, 0.05) is 37.3 Å². The number of rotatable bonds is 8. The SMILES string of the molecule is COC(=O)c1ccc(Cl)cc1Oc1ccc(-c2nnn(C)c2COC(=O)N(C)Cc2ccccc2)cc1. The summed E-state index contributed by atoms with van der Waals surface area (Å²) in [5, 5.41) is 8.75. The van der Waals surface area contributed by atoms with E-state index < -0.39 is 12.1 Å². The number of benzene rings is 3. The first-order valence-electron chi connectivity index (χ1n) is 11.3. The first-order valence-corrected chi connectivity index (χ1v) is 11.7. The highest BCUT2D eigenvalue weighted by Gasteiger charge is 2.18. The van der Waals surface area contributed by atoms with E-state index in [1.807, 2.05) is 30.3 Å². The van der Waals surface area contributed by atoms with Gasteiger partial charge in [-0.2, -0.15) is 0 Å². The van der Waals surface area contributed by atoms with Crippen molar-refractivity contribution in [3.05, 3.63) is 94.6 Å². The van der Waals surface area contributed by atoms with Crippen molar-refractivity contribution in [2.24, 2.45) is 7.05 Å². The summed E-state index contributed by atoms with van der Waals surface area (Å²) in [6.45, 7) is 0.433. The molecule has 0 aliphatic heterocycles. The van der Waals surface area contributed by atoms with E-state index in [9.17, 15) is 9.59 Å². The van der Waals surface area contributed by atoms with Crippen LogP contribution in [0, 0.1) is 0 Å². The molecule has 0 unspecified atom stereocenters. The lowest BCUT2D eigenvalue weighted by Crippen LogP contribution is -2.27.